The molecule has 20 heavy (non-hydrogen) atoms. The number of fused-ring (bicyclic) bond motifs is 2. The lowest BCUT2D eigenvalue weighted by molar-refractivity contribution is 0.0457. The summed E-state index contributed by atoms with van der Waals surface area (Å²) in [6.45, 7) is 2.02. The SMILES string of the molecule is Cc1[nH]c2ccccc2c1[C@@H]1OC(=O)c2ccccc21. The van der Waals surface area contributed by atoms with E-state index < -0.39 is 0 Å². The number of aromatic nitrogens is 1. The van der Waals surface area contributed by atoms with Crippen molar-refractivity contribution in [2.75, 3.05) is 0 Å². The third-order valence-corrected chi connectivity index (χ3v) is 3.89. The minimum Gasteiger partial charge on any atom is -0.449 e. The fourth-order valence-corrected chi connectivity index (χ4v) is 3.00. The molecule has 1 aliphatic heterocycles. The van der Waals surface area contributed by atoms with Crippen LogP contribution in [0.4, 0.5) is 0 Å². The van der Waals surface area contributed by atoms with Gasteiger partial charge >= 0.3 is 5.97 Å². The average Bonchev–Trinajstić information content (AvgIpc) is 2.96. The van der Waals surface area contributed by atoms with Crippen molar-refractivity contribution in [1.82, 2.24) is 4.98 Å². The summed E-state index contributed by atoms with van der Waals surface area (Å²) in [4.78, 5) is 15.3. The number of benzene rings is 2. The highest BCUT2D eigenvalue weighted by Crippen LogP contribution is 2.40. The van der Waals surface area contributed by atoms with Gasteiger partial charge in [-0.15, -0.1) is 0 Å². The molecule has 4 rings (SSSR count). The van der Waals surface area contributed by atoms with Crippen molar-refractivity contribution in [3.05, 3.63) is 70.9 Å². The number of carbonyl (C=O) groups is 1. The fourth-order valence-electron chi connectivity index (χ4n) is 3.00. The van der Waals surface area contributed by atoms with Gasteiger partial charge in [-0.3, -0.25) is 0 Å². The highest BCUT2D eigenvalue weighted by atomic mass is 16.5. The maximum atomic E-state index is 12.0. The lowest BCUT2D eigenvalue weighted by Crippen LogP contribution is -2.01. The molecule has 0 radical (unpaired) electrons. The minimum atomic E-state index is -0.310. The second-order valence-electron chi connectivity index (χ2n) is 5.08. The summed E-state index contributed by atoms with van der Waals surface area (Å²) in [7, 11) is 0. The second-order valence-corrected chi connectivity index (χ2v) is 5.08. The van der Waals surface area contributed by atoms with E-state index in [0.717, 1.165) is 27.7 Å². The standard InChI is InChI=1S/C17H13NO2/c1-10-15(13-8-4-5-9-14(13)18-10)16-11-6-2-3-7-12(11)17(19)20-16/h2-9,16,18H,1H3/t16-/m1/s1. The quantitative estimate of drug-likeness (QED) is 0.680. The highest BCUT2D eigenvalue weighted by molar-refractivity contribution is 5.96. The van der Waals surface area contributed by atoms with E-state index >= 15 is 0 Å². The molecule has 3 aromatic rings. The number of rotatable bonds is 1. The van der Waals surface area contributed by atoms with Crippen LogP contribution in [0.2, 0.25) is 0 Å². The molecule has 0 bridgehead atoms. The summed E-state index contributed by atoms with van der Waals surface area (Å²) in [6.07, 6.45) is -0.310. The zero-order valence-electron chi connectivity index (χ0n) is 11.0. The van der Waals surface area contributed by atoms with Crippen LogP contribution in [0, 0.1) is 6.92 Å². The molecule has 1 atom stereocenters. The molecular formula is C17H13NO2. The maximum absolute atomic E-state index is 12.0. The number of nitrogens with one attached hydrogen (secondary N) is 1. The first-order chi connectivity index (χ1) is 9.75. The molecule has 0 saturated heterocycles. The van der Waals surface area contributed by atoms with Gasteiger partial charge < -0.3 is 9.72 Å². The molecule has 2 heterocycles. The molecule has 0 unspecified atom stereocenters. The molecule has 1 aliphatic rings. The van der Waals surface area contributed by atoms with Crippen LogP contribution in [0.15, 0.2) is 48.5 Å². The van der Waals surface area contributed by atoms with Crippen molar-refractivity contribution in [1.29, 1.82) is 0 Å². The van der Waals surface area contributed by atoms with Crippen molar-refractivity contribution in [3.8, 4) is 0 Å². The fraction of sp³-hybridized carbons (Fsp3) is 0.118. The van der Waals surface area contributed by atoms with Gasteiger partial charge in [-0.05, 0) is 19.1 Å². The first-order valence-electron chi connectivity index (χ1n) is 6.63. The van der Waals surface area contributed by atoms with Crippen LogP contribution in [-0.4, -0.2) is 11.0 Å². The number of esters is 1. The molecule has 2 aromatic carbocycles. The van der Waals surface area contributed by atoms with E-state index in [9.17, 15) is 4.79 Å². The minimum absolute atomic E-state index is 0.240. The zero-order valence-corrected chi connectivity index (χ0v) is 11.0. The number of cyclic esters (lactones) is 1. The van der Waals surface area contributed by atoms with E-state index in [1.807, 2.05) is 49.4 Å². The summed E-state index contributed by atoms with van der Waals surface area (Å²) in [6, 6.07) is 15.7. The monoisotopic (exact) mass is 263 g/mol. The summed E-state index contributed by atoms with van der Waals surface area (Å²) >= 11 is 0. The predicted octanol–water partition coefficient (Wildman–Crippen LogP) is 3.74. The second kappa shape index (κ2) is 3.97. The van der Waals surface area contributed by atoms with Crippen molar-refractivity contribution >= 4 is 16.9 Å². The molecule has 0 fully saturated rings. The average molecular weight is 263 g/mol. The Bertz CT molecular complexity index is 832. The normalized spacial score (nSPS) is 17.2. The smallest absolute Gasteiger partial charge is 0.339 e. The predicted molar refractivity (Wildman–Crippen MR) is 76.7 cm³/mol. The number of hydrogen-bond donors (Lipinski definition) is 1. The van der Waals surface area contributed by atoms with Gasteiger partial charge in [0.1, 0.15) is 0 Å². The Morgan fingerprint density at radius 2 is 1.80 bits per heavy atom. The number of H-pyrrole nitrogens is 1. The molecular weight excluding hydrogens is 250 g/mol. The Balaban J connectivity index is 1.98. The van der Waals surface area contributed by atoms with Gasteiger partial charge in [0, 0.05) is 27.7 Å². The summed E-state index contributed by atoms with van der Waals surface area (Å²) in [5, 5.41) is 1.11. The summed E-state index contributed by atoms with van der Waals surface area (Å²) in [5.74, 6) is -0.240. The molecule has 1 aromatic heterocycles. The van der Waals surface area contributed by atoms with Gasteiger partial charge in [0.15, 0.2) is 6.10 Å². The Hall–Kier alpha value is -2.55. The summed E-state index contributed by atoms with van der Waals surface area (Å²) < 4.78 is 5.61. The van der Waals surface area contributed by atoms with Crippen molar-refractivity contribution < 1.29 is 9.53 Å². The third-order valence-electron chi connectivity index (χ3n) is 3.89. The van der Waals surface area contributed by atoms with Crippen LogP contribution in [0.1, 0.15) is 33.3 Å². The number of hydrogen-bond acceptors (Lipinski definition) is 2. The van der Waals surface area contributed by atoms with Crippen LogP contribution in [0.3, 0.4) is 0 Å². The van der Waals surface area contributed by atoms with E-state index in [4.69, 9.17) is 4.74 Å². The number of aryl methyl sites for hydroxylation is 1. The van der Waals surface area contributed by atoms with Gasteiger partial charge in [0.2, 0.25) is 0 Å². The molecule has 1 N–H and O–H groups in total. The molecule has 0 amide bonds. The number of carbonyl (C=O) groups excluding carboxylic acids is 1. The van der Waals surface area contributed by atoms with E-state index in [1.165, 1.54) is 0 Å². The first-order valence-corrected chi connectivity index (χ1v) is 6.63. The number of ether oxygens (including phenoxy) is 1. The number of aromatic amines is 1. The van der Waals surface area contributed by atoms with Crippen molar-refractivity contribution in [2.45, 2.75) is 13.0 Å². The lowest BCUT2D eigenvalue weighted by Gasteiger charge is -2.11. The van der Waals surface area contributed by atoms with Gasteiger partial charge in [0.25, 0.3) is 0 Å². The van der Waals surface area contributed by atoms with Crippen molar-refractivity contribution in [3.63, 3.8) is 0 Å². The number of para-hydroxylation sites is 1. The molecule has 0 aliphatic carbocycles. The lowest BCUT2D eigenvalue weighted by atomic mass is 9.97. The van der Waals surface area contributed by atoms with Gasteiger partial charge in [-0.1, -0.05) is 36.4 Å². The Morgan fingerprint density at radius 3 is 2.70 bits per heavy atom. The van der Waals surface area contributed by atoms with Crippen LogP contribution in [0.5, 0.6) is 0 Å². The molecule has 98 valence electrons. The third kappa shape index (κ3) is 1.43. The Kier molecular flexibility index (Phi) is 2.24. The van der Waals surface area contributed by atoms with Gasteiger partial charge in [-0.25, -0.2) is 4.79 Å². The summed E-state index contributed by atoms with van der Waals surface area (Å²) in [5.41, 5.74) is 4.78. The van der Waals surface area contributed by atoms with E-state index in [-0.39, 0.29) is 12.1 Å². The van der Waals surface area contributed by atoms with Gasteiger partial charge in [0.05, 0.1) is 5.56 Å². The van der Waals surface area contributed by atoms with E-state index in [1.54, 1.807) is 0 Å². The van der Waals surface area contributed by atoms with Gasteiger partial charge in [-0.2, -0.15) is 0 Å². The van der Waals surface area contributed by atoms with Crippen LogP contribution in [0.25, 0.3) is 10.9 Å². The van der Waals surface area contributed by atoms with Crippen molar-refractivity contribution in [2.24, 2.45) is 0 Å². The molecule has 3 heteroatoms. The largest absolute Gasteiger partial charge is 0.449 e. The van der Waals surface area contributed by atoms with Crippen LogP contribution >= 0.6 is 0 Å². The molecule has 3 nitrogen and oxygen atoms in total. The Morgan fingerprint density at radius 1 is 1.05 bits per heavy atom. The van der Waals surface area contributed by atoms with E-state index in [0.29, 0.717) is 5.56 Å². The molecule has 0 spiro atoms. The van der Waals surface area contributed by atoms with Crippen LogP contribution < -0.4 is 0 Å². The Labute approximate surface area is 116 Å². The molecule has 0 saturated carbocycles. The highest BCUT2D eigenvalue weighted by Gasteiger charge is 2.34. The first kappa shape index (κ1) is 11.3. The topological polar surface area (TPSA) is 42.1 Å². The van der Waals surface area contributed by atoms with Crippen LogP contribution in [-0.2, 0) is 4.74 Å². The van der Waals surface area contributed by atoms with E-state index in [2.05, 4.69) is 11.1 Å². The maximum Gasteiger partial charge on any atom is 0.339 e. The zero-order chi connectivity index (χ0) is 13.7.